The van der Waals surface area contributed by atoms with Crippen molar-refractivity contribution in [3.63, 3.8) is 0 Å². The average Bonchev–Trinajstić information content (AvgIpc) is 2.81. The fourth-order valence-electron chi connectivity index (χ4n) is 13.9. The third kappa shape index (κ3) is 4.17. The van der Waals surface area contributed by atoms with Gasteiger partial charge in [-0.25, -0.2) is 0 Å². The van der Waals surface area contributed by atoms with Gasteiger partial charge in [0.15, 0.2) is 0 Å². The van der Waals surface area contributed by atoms with Crippen LogP contribution in [0.3, 0.4) is 0 Å². The lowest BCUT2D eigenvalue weighted by Crippen LogP contribution is -2.65. The van der Waals surface area contributed by atoms with E-state index >= 15 is 0 Å². The summed E-state index contributed by atoms with van der Waals surface area (Å²) in [6.07, 6.45) is 13.5. The zero-order valence-electron chi connectivity index (χ0n) is 27.6. The van der Waals surface area contributed by atoms with E-state index in [1.165, 1.54) is 57.8 Å². The van der Waals surface area contributed by atoms with Crippen molar-refractivity contribution in [2.24, 2.45) is 93.2 Å². The highest BCUT2D eigenvalue weighted by Crippen LogP contribution is 2.75. The first-order valence-electron chi connectivity index (χ1n) is 17.4. The zero-order valence-corrected chi connectivity index (χ0v) is 27.6. The summed E-state index contributed by atoms with van der Waals surface area (Å²) in [5.74, 6) is 11.3. The highest BCUT2D eigenvalue weighted by atomic mass is 14.7. The fraction of sp³-hybridized carbons (Fsp3) is 0.947. The largest absolute Gasteiger partial charge is 0.0990 e. The van der Waals surface area contributed by atoms with Gasteiger partial charge < -0.3 is 0 Å². The molecule has 0 aromatic rings. The molecule has 0 bridgehead atoms. The van der Waals surface area contributed by atoms with Gasteiger partial charge in [-0.05, 0) is 145 Å². The van der Waals surface area contributed by atoms with Crippen molar-refractivity contribution in [2.45, 2.75) is 134 Å². The van der Waals surface area contributed by atoms with Gasteiger partial charge in [-0.15, -0.1) is 0 Å². The lowest BCUT2D eigenvalue weighted by molar-refractivity contribution is -0.209. The van der Waals surface area contributed by atoms with Crippen molar-refractivity contribution in [2.75, 3.05) is 0 Å². The van der Waals surface area contributed by atoms with Gasteiger partial charge in [-0.1, -0.05) is 94.7 Å². The predicted molar refractivity (Wildman–Crippen MR) is 166 cm³/mol. The fourth-order valence-corrected chi connectivity index (χ4v) is 13.9. The van der Waals surface area contributed by atoms with E-state index in [4.69, 9.17) is 6.58 Å². The van der Waals surface area contributed by atoms with Crippen LogP contribution in [-0.2, 0) is 0 Å². The van der Waals surface area contributed by atoms with E-state index in [0.717, 1.165) is 65.1 Å². The quantitative estimate of drug-likeness (QED) is 0.323. The molecule has 0 aromatic heterocycles. The van der Waals surface area contributed by atoms with E-state index in [1.54, 1.807) is 5.57 Å². The average molecular weight is 523 g/mol. The normalized spacial score (nSPS) is 55.4. The maximum Gasteiger partial charge on any atom is -0.00335 e. The number of hydrogen-bond acceptors (Lipinski definition) is 0. The Bertz CT molecular complexity index is 872. The number of allylic oxidation sites excluding steroid dienone is 1. The van der Waals surface area contributed by atoms with Crippen LogP contribution in [0.5, 0.6) is 0 Å². The van der Waals surface area contributed by atoms with Crippen LogP contribution in [-0.4, -0.2) is 0 Å². The van der Waals surface area contributed by atoms with Crippen LogP contribution in [0.4, 0.5) is 0 Å². The molecular weight excluding hydrogens is 456 g/mol. The van der Waals surface area contributed by atoms with Crippen LogP contribution in [0.25, 0.3) is 0 Å². The summed E-state index contributed by atoms with van der Waals surface area (Å²) in [7, 11) is 0. The second kappa shape index (κ2) is 9.93. The van der Waals surface area contributed by atoms with Gasteiger partial charge in [0, 0.05) is 0 Å². The van der Waals surface area contributed by atoms with Gasteiger partial charge in [0.25, 0.3) is 0 Å². The molecule has 0 spiro atoms. The molecule has 0 radical (unpaired) electrons. The van der Waals surface area contributed by atoms with Crippen LogP contribution in [0, 0.1) is 93.2 Å². The molecular formula is C38H66. The minimum Gasteiger partial charge on any atom is -0.0990 e. The molecule has 0 amide bonds. The summed E-state index contributed by atoms with van der Waals surface area (Å²) in [5, 5.41) is 0. The Morgan fingerprint density at radius 1 is 0.737 bits per heavy atom. The molecule has 0 aliphatic heterocycles. The lowest BCUT2D eigenvalue weighted by Gasteiger charge is -2.72. The predicted octanol–water partition coefficient (Wildman–Crippen LogP) is 11.3. The van der Waals surface area contributed by atoms with Crippen LogP contribution >= 0.6 is 0 Å². The minimum atomic E-state index is 0.270. The molecule has 5 saturated carbocycles. The second-order valence-corrected chi connectivity index (χ2v) is 17.8. The van der Waals surface area contributed by atoms with Crippen LogP contribution in [0.2, 0.25) is 0 Å². The first kappa shape index (κ1) is 29.2. The van der Waals surface area contributed by atoms with Gasteiger partial charge in [-0.3, -0.25) is 0 Å². The van der Waals surface area contributed by atoms with E-state index in [2.05, 4.69) is 76.2 Å². The Balaban J connectivity index is 1.47. The molecule has 12 unspecified atom stereocenters. The van der Waals surface area contributed by atoms with Crippen LogP contribution < -0.4 is 0 Å². The monoisotopic (exact) mass is 523 g/mol. The molecule has 38 heavy (non-hydrogen) atoms. The maximum absolute atomic E-state index is 4.99. The van der Waals surface area contributed by atoms with E-state index < -0.39 is 0 Å². The molecule has 0 heteroatoms. The van der Waals surface area contributed by atoms with Crippen molar-refractivity contribution < 1.29 is 0 Å². The van der Waals surface area contributed by atoms with Gasteiger partial charge in [0.1, 0.15) is 0 Å². The molecule has 0 heterocycles. The molecule has 0 N–H and O–H groups in total. The second-order valence-electron chi connectivity index (χ2n) is 17.8. The number of rotatable bonds is 3. The van der Waals surface area contributed by atoms with Gasteiger partial charge in [0.05, 0.1) is 0 Å². The van der Waals surface area contributed by atoms with Crippen molar-refractivity contribution in [3.8, 4) is 0 Å². The summed E-state index contributed by atoms with van der Waals surface area (Å²) >= 11 is 0. The molecule has 0 aromatic carbocycles. The van der Waals surface area contributed by atoms with E-state index in [-0.39, 0.29) is 5.41 Å². The van der Waals surface area contributed by atoms with Crippen molar-refractivity contribution in [3.05, 3.63) is 12.2 Å². The van der Waals surface area contributed by atoms with Gasteiger partial charge in [0.2, 0.25) is 0 Å². The van der Waals surface area contributed by atoms with Gasteiger partial charge >= 0.3 is 0 Å². The number of fused-ring (bicyclic) bond motifs is 3. The summed E-state index contributed by atoms with van der Waals surface area (Å²) in [6.45, 7) is 33.7. The summed E-state index contributed by atoms with van der Waals surface area (Å²) in [4.78, 5) is 0. The van der Waals surface area contributed by atoms with E-state index in [0.29, 0.717) is 22.7 Å². The number of hydrogen-bond donors (Lipinski definition) is 0. The zero-order chi connectivity index (χ0) is 27.9. The van der Waals surface area contributed by atoms with Crippen molar-refractivity contribution in [1.82, 2.24) is 0 Å². The summed E-state index contributed by atoms with van der Waals surface area (Å²) in [5.41, 5.74) is 2.78. The summed E-state index contributed by atoms with van der Waals surface area (Å²) in [6, 6.07) is 0. The topological polar surface area (TPSA) is 0 Å². The Kier molecular flexibility index (Phi) is 7.64. The molecule has 5 rings (SSSR count). The molecule has 0 saturated heterocycles. The Labute approximate surface area is 239 Å². The Morgan fingerprint density at radius 3 is 1.95 bits per heavy atom. The molecule has 218 valence electrons. The van der Waals surface area contributed by atoms with Gasteiger partial charge in [-0.2, -0.15) is 0 Å². The molecule has 5 fully saturated rings. The lowest BCUT2D eigenvalue weighted by atomic mass is 9.32. The molecule has 5 aliphatic rings. The minimum absolute atomic E-state index is 0.270. The highest BCUT2D eigenvalue weighted by molar-refractivity contribution is 5.29. The van der Waals surface area contributed by atoms with Crippen molar-refractivity contribution >= 4 is 0 Å². The Morgan fingerprint density at radius 2 is 1.37 bits per heavy atom. The van der Waals surface area contributed by atoms with Crippen LogP contribution in [0.15, 0.2) is 12.2 Å². The standard InChI is InChI=1S/C38H66/c1-22(2)29-14-16-30(17-15-29)31-18-13-24(5)34-26(7)35-28(9)38(12)27(8)33(23(3)4)25(6)19-37(38,11)21-36(35,10)20-32(31)34/h22-26,28-35H,8,13-21H2,1-7,9-12H3. The van der Waals surface area contributed by atoms with E-state index in [1.807, 2.05) is 0 Å². The Hall–Kier alpha value is -0.260. The van der Waals surface area contributed by atoms with E-state index in [9.17, 15) is 0 Å². The maximum atomic E-state index is 4.99. The molecule has 0 nitrogen and oxygen atoms in total. The molecule has 12 atom stereocenters. The SMILES string of the molecule is C=C1C(C(C)C)C(C)CC2(C)CC3(C)CC4C(C5CCC(C(C)C)CC5)CCC(C)C4C(C)C3C(C)C12C. The first-order valence-corrected chi connectivity index (χ1v) is 17.4. The smallest absolute Gasteiger partial charge is 0.00335 e. The third-order valence-corrected chi connectivity index (χ3v) is 15.4. The van der Waals surface area contributed by atoms with Crippen molar-refractivity contribution in [1.29, 1.82) is 0 Å². The first-order chi connectivity index (χ1) is 17.7. The highest BCUT2D eigenvalue weighted by Gasteiger charge is 2.68. The third-order valence-electron chi connectivity index (χ3n) is 15.4. The summed E-state index contributed by atoms with van der Waals surface area (Å²) < 4.78 is 0. The van der Waals surface area contributed by atoms with Crippen LogP contribution in [0.1, 0.15) is 134 Å². The molecule has 5 aliphatic carbocycles.